The lowest BCUT2D eigenvalue weighted by Crippen LogP contribution is -2.44. The molecular formula is C16H20N2O9. The lowest BCUT2D eigenvalue weighted by Gasteiger charge is -2.24. The standard InChI is InChI=1S/C16H20N2O9/c1-8(19)24-7-11-13(25-9(2)20)14(26-10(3)21)15(27-11)18-6-5-12(22)17(4)16(18)23/h5-6,11,13-15H,7H2,1-4H3/t11-,13?,14+,15-/m1/s1. The Labute approximate surface area is 153 Å². The molecule has 0 N–H and O–H groups in total. The third kappa shape index (κ3) is 4.61. The van der Waals surface area contributed by atoms with E-state index < -0.39 is 53.7 Å². The SMILES string of the molecule is CC(=O)OC[C@H]1O[C@@H](n2ccc(=O)n(C)c2=O)[C@@H](OC(C)=O)C1OC(C)=O. The van der Waals surface area contributed by atoms with Crippen LogP contribution in [-0.4, -0.2) is 52.0 Å². The van der Waals surface area contributed by atoms with Crippen LogP contribution >= 0.6 is 0 Å². The third-order valence-electron chi connectivity index (χ3n) is 3.83. The molecule has 1 unspecified atom stereocenters. The molecular weight excluding hydrogens is 364 g/mol. The lowest BCUT2D eigenvalue weighted by atomic mass is 10.1. The predicted molar refractivity (Wildman–Crippen MR) is 87.6 cm³/mol. The van der Waals surface area contributed by atoms with Gasteiger partial charge < -0.3 is 18.9 Å². The molecule has 0 bridgehead atoms. The highest BCUT2D eigenvalue weighted by Gasteiger charge is 2.50. The van der Waals surface area contributed by atoms with Crippen LogP contribution in [0.4, 0.5) is 0 Å². The van der Waals surface area contributed by atoms with Crippen LogP contribution in [0.2, 0.25) is 0 Å². The highest BCUT2D eigenvalue weighted by Crippen LogP contribution is 2.33. The van der Waals surface area contributed by atoms with E-state index in [2.05, 4.69) is 0 Å². The van der Waals surface area contributed by atoms with Gasteiger partial charge in [-0.05, 0) is 0 Å². The summed E-state index contributed by atoms with van der Waals surface area (Å²) in [5.74, 6) is -1.97. The first kappa shape index (κ1) is 20.4. The summed E-state index contributed by atoms with van der Waals surface area (Å²) >= 11 is 0. The van der Waals surface area contributed by atoms with E-state index in [-0.39, 0.29) is 6.61 Å². The smallest absolute Gasteiger partial charge is 0.332 e. The maximum absolute atomic E-state index is 12.4. The van der Waals surface area contributed by atoms with Crippen molar-refractivity contribution in [2.24, 2.45) is 7.05 Å². The van der Waals surface area contributed by atoms with Gasteiger partial charge in [-0.15, -0.1) is 0 Å². The number of ether oxygens (including phenoxy) is 4. The van der Waals surface area contributed by atoms with Crippen molar-refractivity contribution in [2.45, 2.75) is 45.3 Å². The highest BCUT2D eigenvalue weighted by molar-refractivity contribution is 5.67. The molecule has 1 aromatic heterocycles. The van der Waals surface area contributed by atoms with Crippen LogP contribution in [0.15, 0.2) is 21.9 Å². The van der Waals surface area contributed by atoms with Gasteiger partial charge in [-0.25, -0.2) is 4.79 Å². The molecule has 1 aliphatic heterocycles. The van der Waals surface area contributed by atoms with Crippen molar-refractivity contribution in [1.29, 1.82) is 0 Å². The second kappa shape index (κ2) is 8.16. The normalized spacial score (nSPS) is 24.3. The molecule has 2 rings (SSSR count). The second-order valence-corrected chi connectivity index (χ2v) is 5.92. The predicted octanol–water partition coefficient (Wildman–Crippen LogP) is -1.13. The highest BCUT2D eigenvalue weighted by atomic mass is 16.7. The van der Waals surface area contributed by atoms with Crippen molar-refractivity contribution >= 4 is 17.9 Å². The fourth-order valence-corrected chi connectivity index (χ4v) is 2.70. The Morgan fingerprint density at radius 1 is 1.04 bits per heavy atom. The van der Waals surface area contributed by atoms with Crippen molar-refractivity contribution in [3.8, 4) is 0 Å². The molecule has 0 spiro atoms. The Morgan fingerprint density at radius 3 is 2.19 bits per heavy atom. The second-order valence-electron chi connectivity index (χ2n) is 5.92. The first-order chi connectivity index (χ1) is 12.6. The zero-order valence-corrected chi connectivity index (χ0v) is 15.2. The van der Waals surface area contributed by atoms with Gasteiger partial charge in [-0.2, -0.15) is 0 Å². The number of hydrogen-bond donors (Lipinski definition) is 0. The molecule has 1 aromatic rings. The van der Waals surface area contributed by atoms with Crippen molar-refractivity contribution < 1.29 is 33.3 Å². The van der Waals surface area contributed by atoms with Crippen LogP contribution in [0, 0.1) is 0 Å². The fraction of sp³-hybridized carbons (Fsp3) is 0.562. The van der Waals surface area contributed by atoms with Gasteiger partial charge in [0.1, 0.15) is 12.7 Å². The van der Waals surface area contributed by atoms with Crippen molar-refractivity contribution in [3.63, 3.8) is 0 Å². The number of esters is 3. The van der Waals surface area contributed by atoms with Crippen LogP contribution in [0.3, 0.4) is 0 Å². The zero-order chi connectivity index (χ0) is 20.3. The average Bonchev–Trinajstić information content (AvgIpc) is 2.87. The summed E-state index contributed by atoms with van der Waals surface area (Å²) in [6.45, 7) is 3.20. The van der Waals surface area contributed by atoms with Gasteiger partial charge in [-0.3, -0.25) is 28.3 Å². The Kier molecular flexibility index (Phi) is 6.16. The summed E-state index contributed by atoms with van der Waals surface area (Å²) in [7, 11) is 1.27. The lowest BCUT2D eigenvalue weighted by molar-refractivity contribution is -0.166. The van der Waals surface area contributed by atoms with Gasteiger partial charge in [0.25, 0.3) is 5.56 Å². The van der Waals surface area contributed by atoms with Gasteiger partial charge >= 0.3 is 23.6 Å². The summed E-state index contributed by atoms with van der Waals surface area (Å²) in [6, 6.07) is 1.13. The van der Waals surface area contributed by atoms with Crippen LogP contribution < -0.4 is 11.2 Å². The van der Waals surface area contributed by atoms with E-state index >= 15 is 0 Å². The zero-order valence-electron chi connectivity index (χ0n) is 15.2. The van der Waals surface area contributed by atoms with E-state index in [1.807, 2.05) is 0 Å². The Balaban J connectivity index is 2.47. The summed E-state index contributed by atoms with van der Waals surface area (Å²) < 4.78 is 22.9. The Hall–Kier alpha value is -2.95. The van der Waals surface area contributed by atoms with Crippen molar-refractivity contribution in [3.05, 3.63) is 33.1 Å². The largest absolute Gasteiger partial charge is 0.463 e. The van der Waals surface area contributed by atoms with Crippen LogP contribution in [0.5, 0.6) is 0 Å². The molecule has 0 radical (unpaired) electrons. The molecule has 11 heteroatoms. The van der Waals surface area contributed by atoms with Crippen molar-refractivity contribution in [2.75, 3.05) is 6.61 Å². The summed E-state index contributed by atoms with van der Waals surface area (Å²) in [5.41, 5.74) is -1.26. The number of aromatic nitrogens is 2. The molecule has 2 heterocycles. The molecule has 4 atom stereocenters. The number of nitrogens with zero attached hydrogens (tertiary/aromatic N) is 2. The molecule has 0 saturated carbocycles. The monoisotopic (exact) mass is 384 g/mol. The topological polar surface area (TPSA) is 132 Å². The van der Waals surface area contributed by atoms with Crippen LogP contribution in [0.1, 0.15) is 27.0 Å². The summed E-state index contributed by atoms with van der Waals surface area (Å²) in [6.07, 6.45) is -3.32. The molecule has 0 amide bonds. The first-order valence-electron chi connectivity index (χ1n) is 8.03. The summed E-state index contributed by atoms with van der Waals surface area (Å²) in [4.78, 5) is 58.2. The van der Waals surface area contributed by atoms with E-state index in [0.29, 0.717) is 0 Å². The molecule has 1 aliphatic rings. The summed E-state index contributed by atoms with van der Waals surface area (Å²) in [5, 5.41) is 0. The van der Waals surface area contributed by atoms with Crippen molar-refractivity contribution in [1.82, 2.24) is 9.13 Å². The van der Waals surface area contributed by atoms with Gasteiger partial charge in [0.15, 0.2) is 18.4 Å². The molecule has 148 valence electrons. The molecule has 11 nitrogen and oxygen atoms in total. The maximum atomic E-state index is 12.4. The minimum absolute atomic E-state index is 0.290. The molecule has 1 saturated heterocycles. The molecule has 27 heavy (non-hydrogen) atoms. The number of carbonyl (C=O) groups excluding carboxylic acids is 3. The van der Waals surface area contributed by atoms with E-state index in [1.54, 1.807) is 0 Å². The molecule has 0 aromatic carbocycles. The van der Waals surface area contributed by atoms with E-state index in [9.17, 15) is 24.0 Å². The van der Waals surface area contributed by atoms with E-state index in [0.717, 1.165) is 29.0 Å². The Bertz CT molecular complexity index is 856. The van der Waals surface area contributed by atoms with Crippen LogP contribution in [-0.2, 0) is 40.4 Å². The quantitative estimate of drug-likeness (QED) is 0.457. The van der Waals surface area contributed by atoms with Gasteiger partial charge in [0.2, 0.25) is 0 Å². The molecule has 1 fully saturated rings. The van der Waals surface area contributed by atoms with E-state index in [4.69, 9.17) is 18.9 Å². The Morgan fingerprint density at radius 2 is 1.63 bits per heavy atom. The number of hydrogen-bond acceptors (Lipinski definition) is 9. The fourth-order valence-electron chi connectivity index (χ4n) is 2.70. The minimum atomic E-state index is -1.20. The van der Waals surface area contributed by atoms with Crippen LogP contribution in [0.25, 0.3) is 0 Å². The minimum Gasteiger partial charge on any atom is -0.463 e. The number of rotatable bonds is 5. The van der Waals surface area contributed by atoms with Gasteiger partial charge in [0, 0.05) is 40.1 Å². The third-order valence-corrected chi connectivity index (χ3v) is 3.83. The molecule has 0 aliphatic carbocycles. The average molecular weight is 384 g/mol. The first-order valence-corrected chi connectivity index (χ1v) is 8.03. The van der Waals surface area contributed by atoms with Gasteiger partial charge in [0.05, 0.1) is 0 Å². The maximum Gasteiger partial charge on any atom is 0.332 e. The van der Waals surface area contributed by atoms with Gasteiger partial charge in [-0.1, -0.05) is 0 Å². The number of carbonyl (C=O) groups is 3. The van der Waals surface area contributed by atoms with E-state index in [1.165, 1.54) is 20.2 Å².